The van der Waals surface area contributed by atoms with Crippen molar-refractivity contribution >= 4 is 5.82 Å². The second kappa shape index (κ2) is 5.03. The highest BCUT2D eigenvalue weighted by Gasteiger charge is 2.07. The number of anilines is 1. The van der Waals surface area contributed by atoms with Gasteiger partial charge in [0.2, 0.25) is 0 Å². The van der Waals surface area contributed by atoms with Crippen molar-refractivity contribution in [2.75, 3.05) is 5.32 Å². The van der Waals surface area contributed by atoms with Gasteiger partial charge in [-0.2, -0.15) is 5.10 Å². The van der Waals surface area contributed by atoms with Crippen molar-refractivity contribution in [3.05, 3.63) is 40.2 Å². The number of nitrogens with zero attached hydrogens (tertiary/aromatic N) is 3. The van der Waals surface area contributed by atoms with E-state index in [1.807, 2.05) is 20.8 Å². The number of hydrogen-bond acceptors (Lipinski definition) is 4. The van der Waals surface area contributed by atoms with Crippen molar-refractivity contribution in [3.63, 3.8) is 0 Å². The van der Waals surface area contributed by atoms with Crippen LogP contribution in [-0.4, -0.2) is 19.7 Å². The fraction of sp³-hybridized carbons (Fsp3) is 0.417. The second-order valence-corrected chi connectivity index (χ2v) is 4.46. The van der Waals surface area contributed by atoms with Crippen LogP contribution in [0.1, 0.15) is 31.1 Å². The highest BCUT2D eigenvalue weighted by Crippen LogP contribution is 2.06. The van der Waals surface area contributed by atoms with Crippen LogP contribution in [0.3, 0.4) is 0 Å². The predicted molar refractivity (Wildman–Crippen MR) is 69.5 cm³/mol. The van der Waals surface area contributed by atoms with Gasteiger partial charge in [0.25, 0.3) is 5.56 Å². The quantitative estimate of drug-likeness (QED) is 0.857. The third kappa shape index (κ3) is 2.42. The van der Waals surface area contributed by atoms with E-state index in [0.29, 0.717) is 12.4 Å². The lowest BCUT2D eigenvalue weighted by Crippen LogP contribution is -2.25. The molecule has 2 heterocycles. The van der Waals surface area contributed by atoms with E-state index in [2.05, 4.69) is 20.5 Å². The summed E-state index contributed by atoms with van der Waals surface area (Å²) in [5, 5.41) is 9.84. The first kappa shape index (κ1) is 12.3. The van der Waals surface area contributed by atoms with Gasteiger partial charge in [-0.25, -0.2) is 4.98 Å². The lowest BCUT2D eigenvalue weighted by molar-refractivity contribution is 0.575. The minimum absolute atomic E-state index is 0.103. The molecule has 0 aliphatic carbocycles. The molecule has 0 aliphatic rings. The summed E-state index contributed by atoms with van der Waals surface area (Å²) in [5.74, 6) is 0.367. The van der Waals surface area contributed by atoms with E-state index in [9.17, 15) is 4.79 Å². The topological polar surface area (TPSA) is 75.6 Å². The van der Waals surface area contributed by atoms with Gasteiger partial charge < -0.3 is 9.88 Å². The van der Waals surface area contributed by atoms with E-state index in [-0.39, 0.29) is 11.6 Å². The molecule has 0 saturated heterocycles. The van der Waals surface area contributed by atoms with Gasteiger partial charge in [0, 0.05) is 36.2 Å². The second-order valence-electron chi connectivity index (χ2n) is 4.46. The molecule has 6 nitrogen and oxygen atoms in total. The minimum atomic E-state index is -0.103. The van der Waals surface area contributed by atoms with E-state index >= 15 is 0 Å². The van der Waals surface area contributed by atoms with Crippen LogP contribution in [0.25, 0.3) is 0 Å². The van der Waals surface area contributed by atoms with Crippen LogP contribution in [0.2, 0.25) is 0 Å². The Hall–Kier alpha value is -2.11. The molecule has 2 aromatic heterocycles. The van der Waals surface area contributed by atoms with E-state index in [1.165, 1.54) is 0 Å². The molecule has 0 aliphatic heterocycles. The van der Waals surface area contributed by atoms with Gasteiger partial charge in [-0.1, -0.05) is 0 Å². The molecule has 18 heavy (non-hydrogen) atoms. The molecule has 2 rings (SSSR count). The maximum atomic E-state index is 12.1. The standard InChI is InChI=1S/C12H17N5O/c1-8(2)17-5-4-13-11(12(17)18)14-6-10-7-15-16-9(10)3/h4-5,7-8H,6H2,1-3H3,(H,13,14)(H,15,16). The molecule has 0 bridgehead atoms. The number of H-pyrrole nitrogens is 1. The van der Waals surface area contributed by atoms with Crippen LogP contribution >= 0.6 is 0 Å². The van der Waals surface area contributed by atoms with Crippen LogP contribution in [0, 0.1) is 6.92 Å². The Labute approximate surface area is 105 Å². The zero-order valence-corrected chi connectivity index (χ0v) is 10.8. The highest BCUT2D eigenvalue weighted by molar-refractivity contribution is 5.33. The molecule has 0 saturated carbocycles. The van der Waals surface area contributed by atoms with Gasteiger partial charge >= 0.3 is 0 Å². The minimum Gasteiger partial charge on any atom is -0.361 e. The van der Waals surface area contributed by atoms with Gasteiger partial charge in [-0.15, -0.1) is 0 Å². The summed E-state index contributed by atoms with van der Waals surface area (Å²) >= 11 is 0. The molecule has 0 spiro atoms. The van der Waals surface area contributed by atoms with Crippen molar-refractivity contribution in [1.29, 1.82) is 0 Å². The maximum Gasteiger partial charge on any atom is 0.293 e. The molecule has 0 aromatic carbocycles. The zero-order chi connectivity index (χ0) is 13.1. The molecular weight excluding hydrogens is 230 g/mol. The Kier molecular flexibility index (Phi) is 3.45. The van der Waals surface area contributed by atoms with E-state index in [0.717, 1.165) is 11.3 Å². The molecule has 0 amide bonds. The fourth-order valence-corrected chi connectivity index (χ4v) is 1.69. The number of nitrogens with one attached hydrogen (secondary N) is 2. The van der Waals surface area contributed by atoms with Crippen molar-refractivity contribution < 1.29 is 0 Å². The van der Waals surface area contributed by atoms with E-state index < -0.39 is 0 Å². The van der Waals surface area contributed by atoms with Crippen molar-refractivity contribution in [2.24, 2.45) is 0 Å². The third-order valence-electron chi connectivity index (χ3n) is 2.80. The summed E-state index contributed by atoms with van der Waals surface area (Å²) in [6.45, 7) is 6.40. The molecule has 0 fully saturated rings. The lowest BCUT2D eigenvalue weighted by atomic mass is 10.2. The largest absolute Gasteiger partial charge is 0.361 e. The van der Waals surface area contributed by atoms with Crippen LogP contribution in [0.15, 0.2) is 23.4 Å². The van der Waals surface area contributed by atoms with Crippen molar-refractivity contribution in [1.82, 2.24) is 19.7 Å². The maximum absolute atomic E-state index is 12.1. The number of hydrogen-bond donors (Lipinski definition) is 2. The number of rotatable bonds is 4. The predicted octanol–water partition coefficient (Wildman–Crippen LogP) is 1.47. The Morgan fingerprint density at radius 3 is 2.89 bits per heavy atom. The average Bonchev–Trinajstić information content (AvgIpc) is 2.73. The van der Waals surface area contributed by atoms with E-state index in [4.69, 9.17) is 0 Å². The zero-order valence-electron chi connectivity index (χ0n) is 10.8. The van der Waals surface area contributed by atoms with Crippen LogP contribution in [0.4, 0.5) is 5.82 Å². The molecule has 0 unspecified atom stereocenters. The molecule has 96 valence electrons. The third-order valence-corrected chi connectivity index (χ3v) is 2.80. The summed E-state index contributed by atoms with van der Waals surface area (Å²) in [7, 11) is 0. The van der Waals surface area contributed by atoms with Gasteiger partial charge in [-0.3, -0.25) is 9.89 Å². The van der Waals surface area contributed by atoms with Crippen LogP contribution in [-0.2, 0) is 6.54 Å². The average molecular weight is 247 g/mol. The fourth-order valence-electron chi connectivity index (χ4n) is 1.69. The highest BCUT2D eigenvalue weighted by atomic mass is 16.1. The number of aryl methyl sites for hydroxylation is 1. The van der Waals surface area contributed by atoms with E-state index in [1.54, 1.807) is 23.2 Å². The normalized spacial score (nSPS) is 10.9. The van der Waals surface area contributed by atoms with Gasteiger partial charge in [-0.05, 0) is 20.8 Å². The summed E-state index contributed by atoms with van der Waals surface area (Å²) < 4.78 is 1.65. The molecule has 2 aromatic rings. The smallest absolute Gasteiger partial charge is 0.293 e. The number of aromatic amines is 1. The van der Waals surface area contributed by atoms with Crippen LogP contribution in [0.5, 0.6) is 0 Å². The summed E-state index contributed by atoms with van der Waals surface area (Å²) in [4.78, 5) is 16.1. The Balaban J connectivity index is 2.18. The molecule has 0 radical (unpaired) electrons. The first-order valence-corrected chi connectivity index (χ1v) is 5.89. The van der Waals surface area contributed by atoms with Gasteiger partial charge in [0.15, 0.2) is 5.82 Å². The summed E-state index contributed by atoms with van der Waals surface area (Å²) in [5.41, 5.74) is 1.91. The molecular formula is C12H17N5O. The van der Waals surface area contributed by atoms with Crippen molar-refractivity contribution in [2.45, 2.75) is 33.4 Å². The summed E-state index contributed by atoms with van der Waals surface area (Å²) in [6, 6.07) is 0.122. The molecule has 0 atom stereocenters. The first-order chi connectivity index (χ1) is 8.59. The molecule has 2 N–H and O–H groups in total. The lowest BCUT2D eigenvalue weighted by Gasteiger charge is -2.11. The molecule has 6 heteroatoms. The monoisotopic (exact) mass is 247 g/mol. The Bertz CT molecular complexity index is 584. The van der Waals surface area contributed by atoms with Crippen LogP contribution < -0.4 is 10.9 Å². The van der Waals surface area contributed by atoms with Gasteiger partial charge in [0.1, 0.15) is 0 Å². The first-order valence-electron chi connectivity index (χ1n) is 5.89. The Morgan fingerprint density at radius 1 is 1.50 bits per heavy atom. The summed E-state index contributed by atoms with van der Waals surface area (Å²) in [6.07, 6.45) is 5.07. The van der Waals surface area contributed by atoms with Gasteiger partial charge in [0.05, 0.1) is 6.20 Å². The number of aromatic nitrogens is 4. The Morgan fingerprint density at radius 2 is 2.28 bits per heavy atom. The van der Waals surface area contributed by atoms with Crippen molar-refractivity contribution in [3.8, 4) is 0 Å². The SMILES string of the molecule is Cc1[nH]ncc1CNc1nccn(C(C)C)c1=O.